The lowest BCUT2D eigenvalue weighted by Gasteiger charge is -2.20. The van der Waals surface area contributed by atoms with Gasteiger partial charge in [-0.2, -0.15) is 0 Å². The summed E-state index contributed by atoms with van der Waals surface area (Å²) < 4.78 is 1.03. The van der Waals surface area contributed by atoms with Crippen LogP contribution in [0.2, 0.25) is 0 Å². The molecule has 1 saturated heterocycles. The summed E-state index contributed by atoms with van der Waals surface area (Å²) in [6.45, 7) is 2.16. The Balaban J connectivity index is 2.02. The molecule has 1 atom stereocenters. The Kier molecular flexibility index (Phi) is 3.22. The van der Waals surface area contributed by atoms with Crippen LogP contribution >= 0.6 is 15.9 Å². The van der Waals surface area contributed by atoms with E-state index in [9.17, 15) is 0 Å². The third-order valence-electron chi connectivity index (χ3n) is 3.59. The van der Waals surface area contributed by atoms with E-state index < -0.39 is 0 Å². The van der Waals surface area contributed by atoms with Gasteiger partial charge in [-0.05, 0) is 41.5 Å². The van der Waals surface area contributed by atoms with Crippen molar-refractivity contribution < 1.29 is 0 Å². The number of anilines is 1. The zero-order valence-electron chi connectivity index (χ0n) is 10.4. The smallest absolute Gasteiger partial charge is 0.0936 e. The predicted octanol–water partition coefficient (Wildman–Crippen LogP) is 2.80. The van der Waals surface area contributed by atoms with Gasteiger partial charge >= 0.3 is 0 Å². The summed E-state index contributed by atoms with van der Waals surface area (Å²) in [6.07, 6.45) is 3.07. The lowest BCUT2D eigenvalue weighted by Crippen LogP contribution is -2.29. The Hall–Kier alpha value is -1.13. The number of hydrogen-bond donors (Lipinski definition) is 1. The molecular weight excluding hydrogens is 290 g/mol. The molecule has 1 fully saturated rings. The zero-order chi connectivity index (χ0) is 12.5. The second-order valence-corrected chi connectivity index (χ2v) is 5.64. The van der Waals surface area contributed by atoms with E-state index in [-0.39, 0.29) is 0 Å². The second kappa shape index (κ2) is 4.86. The number of pyridine rings is 1. The van der Waals surface area contributed by atoms with Crippen LogP contribution in [-0.4, -0.2) is 31.2 Å². The van der Waals surface area contributed by atoms with Crippen molar-refractivity contribution in [3.8, 4) is 0 Å². The highest BCUT2D eigenvalue weighted by Crippen LogP contribution is 2.29. The van der Waals surface area contributed by atoms with Crippen LogP contribution in [0.15, 0.2) is 34.9 Å². The first-order chi connectivity index (χ1) is 8.78. The molecule has 0 amide bonds. The zero-order valence-corrected chi connectivity index (χ0v) is 11.9. The number of nitrogens with one attached hydrogen (secondary N) is 1. The Labute approximate surface area is 115 Å². The largest absolute Gasteiger partial charge is 0.368 e. The monoisotopic (exact) mass is 305 g/mol. The summed E-state index contributed by atoms with van der Waals surface area (Å²) in [4.78, 5) is 6.99. The van der Waals surface area contributed by atoms with Gasteiger partial charge in [-0.3, -0.25) is 4.98 Å². The Morgan fingerprint density at radius 3 is 3.11 bits per heavy atom. The molecule has 0 saturated carbocycles. The van der Waals surface area contributed by atoms with E-state index in [0.29, 0.717) is 6.04 Å². The third kappa shape index (κ3) is 2.10. The number of halogens is 1. The molecule has 2 aromatic rings. The standard InChI is InChI=1S/C14H16BrN3/c1-16-12-5-6-18(9-12)13-4-2-3-10-7-11(15)8-17-14(10)13/h2-4,7-8,12,16H,5-6,9H2,1H3. The van der Waals surface area contributed by atoms with Gasteiger partial charge in [-0.1, -0.05) is 12.1 Å². The Morgan fingerprint density at radius 1 is 1.44 bits per heavy atom. The molecule has 18 heavy (non-hydrogen) atoms. The van der Waals surface area contributed by atoms with Crippen molar-refractivity contribution in [2.45, 2.75) is 12.5 Å². The number of rotatable bonds is 2. The quantitative estimate of drug-likeness (QED) is 0.925. The predicted molar refractivity (Wildman–Crippen MR) is 79.1 cm³/mol. The van der Waals surface area contributed by atoms with Gasteiger partial charge in [0, 0.05) is 35.2 Å². The fraction of sp³-hybridized carbons (Fsp3) is 0.357. The van der Waals surface area contributed by atoms with Gasteiger partial charge in [-0.25, -0.2) is 0 Å². The van der Waals surface area contributed by atoms with E-state index >= 15 is 0 Å². The normalized spacial score (nSPS) is 19.7. The number of aromatic nitrogens is 1. The molecule has 3 nitrogen and oxygen atoms in total. The summed E-state index contributed by atoms with van der Waals surface area (Å²) in [7, 11) is 2.03. The lowest BCUT2D eigenvalue weighted by atomic mass is 10.2. The molecule has 0 aliphatic carbocycles. The molecule has 0 spiro atoms. The highest BCUT2D eigenvalue weighted by Gasteiger charge is 2.22. The fourth-order valence-electron chi connectivity index (χ4n) is 2.59. The summed E-state index contributed by atoms with van der Waals surface area (Å²) in [5.74, 6) is 0. The minimum absolute atomic E-state index is 0.593. The molecule has 3 rings (SSSR count). The fourth-order valence-corrected chi connectivity index (χ4v) is 2.94. The summed E-state index contributed by atoms with van der Waals surface area (Å²) in [6, 6.07) is 9.11. The molecule has 4 heteroatoms. The van der Waals surface area contributed by atoms with Crippen LogP contribution in [-0.2, 0) is 0 Å². The Bertz CT molecular complexity index is 570. The molecule has 1 aromatic heterocycles. The van der Waals surface area contributed by atoms with Crippen molar-refractivity contribution in [2.24, 2.45) is 0 Å². The SMILES string of the molecule is CNC1CCN(c2cccc3cc(Br)cnc23)C1. The van der Waals surface area contributed by atoms with Crippen LogP contribution in [0.4, 0.5) is 5.69 Å². The average molecular weight is 306 g/mol. The number of likely N-dealkylation sites (N-methyl/N-ethyl adjacent to an activating group) is 1. The highest BCUT2D eigenvalue weighted by atomic mass is 79.9. The first-order valence-electron chi connectivity index (χ1n) is 6.24. The van der Waals surface area contributed by atoms with Crippen molar-refractivity contribution in [2.75, 3.05) is 25.0 Å². The van der Waals surface area contributed by atoms with Crippen molar-refractivity contribution in [1.29, 1.82) is 0 Å². The van der Waals surface area contributed by atoms with Gasteiger partial charge in [0.1, 0.15) is 0 Å². The number of fused-ring (bicyclic) bond motifs is 1. The van der Waals surface area contributed by atoms with Gasteiger partial charge in [0.15, 0.2) is 0 Å². The van der Waals surface area contributed by atoms with Crippen LogP contribution in [0.25, 0.3) is 10.9 Å². The van der Waals surface area contributed by atoms with E-state index in [0.717, 1.165) is 23.1 Å². The van der Waals surface area contributed by atoms with Gasteiger partial charge in [0.2, 0.25) is 0 Å². The van der Waals surface area contributed by atoms with Crippen LogP contribution in [0, 0.1) is 0 Å². The van der Waals surface area contributed by atoms with Crippen molar-refractivity contribution in [3.63, 3.8) is 0 Å². The molecular formula is C14H16BrN3. The first-order valence-corrected chi connectivity index (χ1v) is 7.04. The second-order valence-electron chi connectivity index (χ2n) is 4.72. The molecule has 1 unspecified atom stereocenters. The van der Waals surface area contributed by atoms with Crippen LogP contribution < -0.4 is 10.2 Å². The molecule has 1 aliphatic heterocycles. The first kappa shape index (κ1) is 11.9. The molecule has 1 aliphatic rings. The minimum Gasteiger partial charge on any atom is -0.368 e. The van der Waals surface area contributed by atoms with E-state index in [1.165, 1.54) is 17.5 Å². The van der Waals surface area contributed by atoms with Gasteiger partial charge in [0.05, 0.1) is 11.2 Å². The van der Waals surface area contributed by atoms with E-state index in [1.54, 1.807) is 0 Å². The van der Waals surface area contributed by atoms with Gasteiger partial charge in [0.25, 0.3) is 0 Å². The van der Waals surface area contributed by atoms with Crippen LogP contribution in [0.1, 0.15) is 6.42 Å². The lowest BCUT2D eigenvalue weighted by molar-refractivity contribution is 0.617. The summed E-state index contributed by atoms with van der Waals surface area (Å²) in [5, 5.41) is 4.54. The maximum absolute atomic E-state index is 4.57. The summed E-state index contributed by atoms with van der Waals surface area (Å²) in [5.41, 5.74) is 2.34. The Morgan fingerprint density at radius 2 is 2.33 bits per heavy atom. The van der Waals surface area contributed by atoms with Crippen molar-refractivity contribution in [3.05, 3.63) is 34.9 Å². The third-order valence-corrected chi connectivity index (χ3v) is 4.03. The number of para-hydroxylation sites is 1. The maximum atomic E-state index is 4.57. The average Bonchev–Trinajstić information content (AvgIpc) is 2.86. The maximum Gasteiger partial charge on any atom is 0.0936 e. The molecule has 0 radical (unpaired) electrons. The summed E-state index contributed by atoms with van der Waals surface area (Å²) >= 11 is 3.48. The molecule has 2 heterocycles. The number of benzene rings is 1. The van der Waals surface area contributed by atoms with Gasteiger partial charge < -0.3 is 10.2 Å². The van der Waals surface area contributed by atoms with Gasteiger partial charge in [-0.15, -0.1) is 0 Å². The van der Waals surface area contributed by atoms with E-state index in [1.807, 2.05) is 13.2 Å². The molecule has 1 aromatic carbocycles. The molecule has 1 N–H and O–H groups in total. The molecule has 0 bridgehead atoms. The van der Waals surface area contributed by atoms with E-state index in [4.69, 9.17) is 0 Å². The molecule has 94 valence electrons. The van der Waals surface area contributed by atoms with E-state index in [2.05, 4.69) is 55.4 Å². The van der Waals surface area contributed by atoms with Crippen molar-refractivity contribution in [1.82, 2.24) is 10.3 Å². The topological polar surface area (TPSA) is 28.2 Å². The number of nitrogens with zero attached hydrogens (tertiary/aromatic N) is 2. The van der Waals surface area contributed by atoms with Crippen LogP contribution in [0.5, 0.6) is 0 Å². The van der Waals surface area contributed by atoms with Crippen molar-refractivity contribution >= 4 is 32.5 Å². The number of hydrogen-bond acceptors (Lipinski definition) is 3. The highest BCUT2D eigenvalue weighted by molar-refractivity contribution is 9.10. The van der Waals surface area contributed by atoms with Crippen LogP contribution in [0.3, 0.4) is 0 Å². The minimum atomic E-state index is 0.593.